The fourth-order valence-corrected chi connectivity index (χ4v) is 4.09. The van der Waals surface area contributed by atoms with Crippen LogP contribution in [0.1, 0.15) is 41.2 Å². The van der Waals surface area contributed by atoms with Crippen molar-refractivity contribution in [3.63, 3.8) is 0 Å². The number of fused-ring (bicyclic) bond motifs is 1. The van der Waals surface area contributed by atoms with Gasteiger partial charge in [0.1, 0.15) is 5.75 Å². The molecule has 0 spiro atoms. The van der Waals surface area contributed by atoms with Crippen LogP contribution in [-0.2, 0) is 0 Å². The van der Waals surface area contributed by atoms with Crippen molar-refractivity contribution in [1.82, 2.24) is 15.2 Å². The molecule has 2 aromatic carbocycles. The van der Waals surface area contributed by atoms with Gasteiger partial charge in [-0.25, -0.2) is 0 Å². The van der Waals surface area contributed by atoms with Crippen LogP contribution in [0.2, 0.25) is 0 Å². The van der Waals surface area contributed by atoms with Gasteiger partial charge in [0.25, 0.3) is 5.91 Å². The zero-order valence-corrected chi connectivity index (χ0v) is 16.8. The molecular formula is C24H27N3O2. The Morgan fingerprint density at radius 1 is 1.07 bits per heavy atom. The molecule has 1 fully saturated rings. The molecule has 1 saturated heterocycles. The summed E-state index contributed by atoms with van der Waals surface area (Å²) in [4.78, 5) is 19.9. The van der Waals surface area contributed by atoms with E-state index in [1.165, 1.54) is 24.8 Å². The van der Waals surface area contributed by atoms with Crippen molar-refractivity contribution in [3.8, 4) is 5.75 Å². The summed E-state index contributed by atoms with van der Waals surface area (Å²) in [6.07, 6.45) is 5.41. The molecule has 0 bridgehead atoms. The molecule has 5 heteroatoms. The molecule has 3 aromatic rings. The molecule has 1 aliphatic heterocycles. The van der Waals surface area contributed by atoms with Crippen LogP contribution in [0, 0.1) is 0 Å². The second kappa shape index (κ2) is 9.05. The van der Waals surface area contributed by atoms with Crippen molar-refractivity contribution in [3.05, 3.63) is 71.9 Å². The van der Waals surface area contributed by atoms with Crippen LogP contribution in [0.5, 0.6) is 5.75 Å². The normalized spacial score (nSPS) is 15.8. The molecule has 1 aromatic heterocycles. The summed E-state index contributed by atoms with van der Waals surface area (Å²) >= 11 is 0. The van der Waals surface area contributed by atoms with Crippen molar-refractivity contribution in [2.24, 2.45) is 0 Å². The van der Waals surface area contributed by atoms with Gasteiger partial charge >= 0.3 is 0 Å². The highest BCUT2D eigenvalue weighted by molar-refractivity contribution is 6.05. The Morgan fingerprint density at radius 2 is 1.83 bits per heavy atom. The van der Waals surface area contributed by atoms with E-state index in [1.54, 1.807) is 13.3 Å². The first-order chi connectivity index (χ1) is 14.3. The summed E-state index contributed by atoms with van der Waals surface area (Å²) in [6.45, 7) is 2.68. The quantitative estimate of drug-likeness (QED) is 0.686. The number of nitrogens with zero attached hydrogens (tertiary/aromatic N) is 2. The number of methoxy groups -OCH3 is 1. The highest BCUT2D eigenvalue weighted by Crippen LogP contribution is 2.26. The summed E-state index contributed by atoms with van der Waals surface area (Å²) in [5, 5.41) is 4.14. The number of aromatic nitrogens is 1. The van der Waals surface area contributed by atoms with Gasteiger partial charge in [0.05, 0.1) is 24.2 Å². The Balaban J connectivity index is 1.54. The van der Waals surface area contributed by atoms with Crippen LogP contribution in [0.4, 0.5) is 0 Å². The predicted octanol–water partition coefficient (Wildman–Crippen LogP) is 4.20. The van der Waals surface area contributed by atoms with Crippen LogP contribution in [0.3, 0.4) is 0 Å². The van der Waals surface area contributed by atoms with E-state index in [4.69, 9.17) is 4.74 Å². The Hall–Kier alpha value is -2.92. The number of carbonyl (C=O) groups excluding carboxylic acids is 1. The second-order valence-electron chi connectivity index (χ2n) is 7.48. The van der Waals surface area contributed by atoms with Crippen LogP contribution in [0.15, 0.2) is 60.8 Å². The lowest BCUT2D eigenvalue weighted by atomic mass is 10.0. The lowest BCUT2D eigenvalue weighted by Gasteiger charge is -2.35. The molecule has 5 nitrogen and oxygen atoms in total. The van der Waals surface area contributed by atoms with E-state index in [2.05, 4.69) is 27.3 Å². The number of likely N-dealkylation sites (tertiary alicyclic amines) is 1. The summed E-state index contributed by atoms with van der Waals surface area (Å²) in [5.74, 6) is 0.766. The Bertz CT molecular complexity index is 960. The molecular weight excluding hydrogens is 362 g/mol. The number of ether oxygens (including phenoxy) is 1. The molecule has 1 aliphatic rings. The average Bonchev–Trinajstić information content (AvgIpc) is 2.80. The maximum absolute atomic E-state index is 13.0. The fourth-order valence-electron chi connectivity index (χ4n) is 4.09. The van der Waals surface area contributed by atoms with E-state index < -0.39 is 0 Å². The summed E-state index contributed by atoms with van der Waals surface area (Å²) in [5.41, 5.74) is 2.56. The average molecular weight is 389 g/mol. The van der Waals surface area contributed by atoms with E-state index in [1.807, 2.05) is 42.5 Å². The molecule has 150 valence electrons. The first-order valence-corrected chi connectivity index (χ1v) is 10.3. The minimum atomic E-state index is -0.0789. The smallest absolute Gasteiger partial charge is 0.253 e. The fraction of sp³-hybridized carbons (Fsp3) is 0.333. The van der Waals surface area contributed by atoms with Gasteiger partial charge in [0.2, 0.25) is 0 Å². The molecule has 4 rings (SSSR count). The number of carbonyl (C=O) groups is 1. The summed E-state index contributed by atoms with van der Waals surface area (Å²) < 4.78 is 5.30. The van der Waals surface area contributed by atoms with Gasteiger partial charge in [-0.3, -0.25) is 14.7 Å². The van der Waals surface area contributed by atoms with E-state index in [0.717, 1.165) is 29.7 Å². The number of piperidine rings is 1. The number of hydrogen-bond acceptors (Lipinski definition) is 4. The Labute approximate surface area is 171 Å². The standard InChI is InChI=1S/C24H27N3O2/c1-29-20-12-10-18(11-13-20)22(27-15-3-2-4-16-27)17-26-24(28)21-9-5-7-19-8-6-14-25-23(19)21/h5-14,22H,2-4,15-17H2,1H3,(H,26,28). The number of benzene rings is 2. The first kappa shape index (κ1) is 19.4. The minimum absolute atomic E-state index is 0.0789. The molecule has 1 unspecified atom stereocenters. The van der Waals surface area contributed by atoms with Gasteiger partial charge in [-0.1, -0.05) is 36.8 Å². The zero-order valence-electron chi connectivity index (χ0n) is 16.8. The SMILES string of the molecule is COc1ccc(C(CNC(=O)c2cccc3cccnc23)N2CCCCC2)cc1. The first-order valence-electron chi connectivity index (χ1n) is 10.3. The van der Waals surface area contributed by atoms with E-state index in [-0.39, 0.29) is 11.9 Å². The number of para-hydroxylation sites is 1. The van der Waals surface area contributed by atoms with Gasteiger partial charge < -0.3 is 10.1 Å². The van der Waals surface area contributed by atoms with Crippen molar-refractivity contribution in [2.45, 2.75) is 25.3 Å². The van der Waals surface area contributed by atoms with E-state index >= 15 is 0 Å². The number of nitrogens with one attached hydrogen (secondary N) is 1. The van der Waals surface area contributed by atoms with Gasteiger partial charge in [-0.05, 0) is 55.8 Å². The third kappa shape index (κ3) is 4.40. The zero-order chi connectivity index (χ0) is 20.1. The van der Waals surface area contributed by atoms with Gasteiger partial charge in [0.15, 0.2) is 0 Å². The number of pyridine rings is 1. The second-order valence-corrected chi connectivity index (χ2v) is 7.48. The largest absolute Gasteiger partial charge is 0.497 e. The number of hydrogen-bond donors (Lipinski definition) is 1. The van der Waals surface area contributed by atoms with Crippen LogP contribution in [0.25, 0.3) is 10.9 Å². The van der Waals surface area contributed by atoms with Gasteiger partial charge in [-0.2, -0.15) is 0 Å². The third-order valence-electron chi connectivity index (χ3n) is 5.67. The van der Waals surface area contributed by atoms with Crippen molar-refractivity contribution < 1.29 is 9.53 Å². The predicted molar refractivity (Wildman–Crippen MR) is 115 cm³/mol. The third-order valence-corrected chi connectivity index (χ3v) is 5.67. The van der Waals surface area contributed by atoms with Crippen molar-refractivity contribution in [2.75, 3.05) is 26.7 Å². The lowest BCUT2D eigenvalue weighted by molar-refractivity contribution is 0.0926. The maximum Gasteiger partial charge on any atom is 0.253 e. The highest BCUT2D eigenvalue weighted by atomic mass is 16.5. The molecule has 2 heterocycles. The van der Waals surface area contributed by atoms with E-state index in [0.29, 0.717) is 12.1 Å². The van der Waals surface area contributed by atoms with Gasteiger partial charge in [0, 0.05) is 18.1 Å². The molecule has 0 radical (unpaired) electrons. The number of amides is 1. The summed E-state index contributed by atoms with van der Waals surface area (Å²) in [6, 6.07) is 17.9. The van der Waals surface area contributed by atoms with Crippen LogP contribution < -0.4 is 10.1 Å². The minimum Gasteiger partial charge on any atom is -0.497 e. The molecule has 1 amide bonds. The molecule has 0 saturated carbocycles. The van der Waals surface area contributed by atoms with Crippen molar-refractivity contribution in [1.29, 1.82) is 0 Å². The number of rotatable bonds is 6. The monoisotopic (exact) mass is 389 g/mol. The van der Waals surface area contributed by atoms with Crippen LogP contribution in [-0.4, -0.2) is 42.5 Å². The Kier molecular flexibility index (Phi) is 6.06. The Morgan fingerprint density at radius 3 is 2.59 bits per heavy atom. The highest BCUT2D eigenvalue weighted by Gasteiger charge is 2.23. The van der Waals surface area contributed by atoms with Crippen molar-refractivity contribution >= 4 is 16.8 Å². The molecule has 0 aliphatic carbocycles. The van der Waals surface area contributed by atoms with Gasteiger partial charge in [-0.15, -0.1) is 0 Å². The van der Waals surface area contributed by atoms with E-state index in [9.17, 15) is 4.79 Å². The molecule has 1 N–H and O–H groups in total. The molecule has 1 atom stereocenters. The molecule has 29 heavy (non-hydrogen) atoms. The maximum atomic E-state index is 13.0. The topological polar surface area (TPSA) is 54.5 Å². The van der Waals surface area contributed by atoms with Crippen LogP contribution >= 0.6 is 0 Å². The lowest BCUT2D eigenvalue weighted by Crippen LogP contribution is -2.40. The summed E-state index contributed by atoms with van der Waals surface area (Å²) in [7, 11) is 1.68.